The molecule has 44 valence electrons. The standard InChI is InChI=1S/C6H12BN/c7-5-6-1-3-8-4-2-6/h6,8H,1-5H2. The third-order valence-corrected chi connectivity index (χ3v) is 1.79. The third kappa shape index (κ3) is 1.51. The van der Waals surface area contributed by atoms with Gasteiger partial charge in [-0.3, -0.25) is 0 Å². The predicted molar refractivity (Wildman–Crippen MR) is 36.2 cm³/mol. The van der Waals surface area contributed by atoms with Crippen LogP contribution in [0.25, 0.3) is 0 Å². The number of nitrogens with one attached hydrogen (secondary N) is 1. The average molecular weight is 109 g/mol. The van der Waals surface area contributed by atoms with E-state index in [0.29, 0.717) is 0 Å². The molecule has 0 aliphatic carbocycles. The maximum atomic E-state index is 5.48. The van der Waals surface area contributed by atoms with E-state index in [-0.39, 0.29) is 0 Å². The van der Waals surface area contributed by atoms with Gasteiger partial charge in [0.2, 0.25) is 0 Å². The maximum absolute atomic E-state index is 5.48. The second kappa shape index (κ2) is 3.13. The van der Waals surface area contributed by atoms with Gasteiger partial charge >= 0.3 is 0 Å². The largest absolute Gasteiger partial charge is 0.317 e. The first kappa shape index (κ1) is 6.15. The summed E-state index contributed by atoms with van der Waals surface area (Å²) in [5, 5.41) is 3.29. The molecule has 0 unspecified atom stereocenters. The van der Waals surface area contributed by atoms with Crippen LogP contribution in [0.3, 0.4) is 0 Å². The molecule has 1 N–H and O–H groups in total. The van der Waals surface area contributed by atoms with Crippen molar-refractivity contribution >= 4 is 7.85 Å². The van der Waals surface area contributed by atoms with Crippen LogP contribution in [0.1, 0.15) is 12.8 Å². The van der Waals surface area contributed by atoms with Gasteiger partial charge in [-0.1, -0.05) is 6.32 Å². The molecule has 0 atom stereocenters. The number of rotatable bonds is 1. The van der Waals surface area contributed by atoms with Gasteiger partial charge in [0.25, 0.3) is 0 Å². The highest BCUT2D eigenvalue weighted by molar-refractivity contribution is 6.08. The normalized spacial score (nSPS) is 23.5. The quantitative estimate of drug-likeness (QED) is 0.485. The molecule has 0 aromatic heterocycles. The predicted octanol–water partition coefficient (Wildman–Crippen LogP) is 0.573. The molecule has 0 aromatic rings. The summed E-state index contributed by atoms with van der Waals surface area (Å²) in [5.41, 5.74) is 0. The summed E-state index contributed by atoms with van der Waals surface area (Å²) in [4.78, 5) is 0. The Bertz CT molecular complexity index is 59.5. The second-order valence-electron chi connectivity index (χ2n) is 2.43. The van der Waals surface area contributed by atoms with Crippen LogP contribution in [0, 0.1) is 5.92 Å². The molecular formula is C6H12BN. The van der Waals surface area contributed by atoms with Gasteiger partial charge in [0.1, 0.15) is 0 Å². The minimum absolute atomic E-state index is 0.802. The smallest absolute Gasteiger partial charge is 0.0656 e. The van der Waals surface area contributed by atoms with Crippen molar-refractivity contribution in [2.45, 2.75) is 19.2 Å². The summed E-state index contributed by atoms with van der Waals surface area (Å²) in [6, 6.07) is 0. The Morgan fingerprint density at radius 3 is 2.38 bits per heavy atom. The molecule has 2 radical (unpaired) electrons. The van der Waals surface area contributed by atoms with Crippen molar-refractivity contribution in [1.29, 1.82) is 0 Å². The topological polar surface area (TPSA) is 12.0 Å². The van der Waals surface area contributed by atoms with Gasteiger partial charge in [-0.15, -0.1) is 0 Å². The number of hydrogen-bond donors (Lipinski definition) is 1. The molecule has 1 rings (SSSR count). The molecule has 1 fully saturated rings. The van der Waals surface area contributed by atoms with Crippen LogP contribution in [-0.2, 0) is 0 Å². The van der Waals surface area contributed by atoms with Crippen LogP contribution in [-0.4, -0.2) is 20.9 Å². The van der Waals surface area contributed by atoms with Crippen LogP contribution < -0.4 is 5.32 Å². The lowest BCUT2D eigenvalue weighted by molar-refractivity contribution is 0.402. The van der Waals surface area contributed by atoms with Crippen molar-refractivity contribution in [3.05, 3.63) is 0 Å². The van der Waals surface area contributed by atoms with E-state index in [9.17, 15) is 0 Å². The summed E-state index contributed by atoms with van der Waals surface area (Å²) in [7, 11) is 5.48. The van der Waals surface area contributed by atoms with Crippen LogP contribution in [0.5, 0.6) is 0 Å². The summed E-state index contributed by atoms with van der Waals surface area (Å²) >= 11 is 0. The Kier molecular flexibility index (Phi) is 2.41. The van der Waals surface area contributed by atoms with E-state index in [4.69, 9.17) is 7.85 Å². The molecule has 1 nitrogen and oxygen atoms in total. The van der Waals surface area contributed by atoms with Gasteiger partial charge in [0.05, 0.1) is 7.85 Å². The summed E-state index contributed by atoms with van der Waals surface area (Å²) < 4.78 is 0. The lowest BCUT2D eigenvalue weighted by Crippen LogP contribution is -2.27. The third-order valence-electron chi connectivity index (χ3n) is 1.79. The highest BCUT2D eigenvalue weighted by Crippen LogP contribution is 2.13. The van der Waals surface area contributed by atoms with Crippen LogP contribution in [0.4, 0.5) is 0 Å². The summed E-state index contributed by atoms with van der Waals surface area (Å²) in [6.45, 7) is 2.34. The van der Waals surface area contributed by atoms with Gasteiger partial charge in [0.15, 0.2) is 0 Å². The van der Waals surface area contributed by atoms with E-state index in [1.807, 2.05) is 0 Å². The Labute approximate surface area is 52.3 Å². The van der Waals surface area contributed by atoms with Gasteiger partial charge < -0.3 is 5.32 Å². The molecule has 1 saturated heterocycles. The highest BCUT2D eigenvalue weighted by atomic mass is 14.9. The lowest BCUT2D eigenvalue weighted by Gasteiger charge is -2.20. The van der Waals surface area contributed by atoms with E-state index in [1.165, 1.54) is 25.9 Å². The lowest BCUT2D eigenvalue weighted by atomic mass is 9.85. The zero-order valence-electron chi connectivity index (χ0n) is 5.19. The van der Waals surface area contributed by atoms with Crippen LogP contribution in [0.2, 0.25) is 6.32 Å². The van der Waals surface area contributed by atoms with Crippen molar-refractivity contribution < 1.29 is 0 Å². The van der Waals surface area contributed by atoms with E-state index in [0.717, 1.165) is 12.2 Å². The SMILES string of the molecule is [B]CC1CCNCC1. The first-order chi connectivity index (χ1) is 3.93. The van der Waals surface area contributed by atoms with Crippen molar-refractivity contribution in [3.8, 4) is 0 Å². The van der Waals surface area contributed by atoms with E-state index in [2.05, 4.69) is 5.32 Å². The maximum Gasteiger partial charge on any atom is 0.0656 e. The molecule has 1 heterocycles. The summed E-state index contributed by atoms with van der Waals surface area (Å²) in [5.74, 6) is 0.802. The Morgan fingerprint density at radius 2 is 2.00 bits per heavy atom. The first-order valence-corrected chi connectivity index (χ1v) is 3.34. The molecule has 0 bridgehead atoms. The molecule has 2 heteroatoms. The average Bonchev–Trinajstić information content (AvgIpc) is 1.90. The van der Waals surface area contributed by atoms with E-state index in [1.54, 1.807) is 0 Å². The van der Waals surface area contributed by atoms with Crippen LogP contribution >= 0.6 is 0 Å². The summed E-state index contributed by atoms with van der Waals surface area (Å²) in [6.07, 6.45) is 3.43. The van der Waals surface area contributed by atoms with E-state index < -0.39 is 0 Å². The monoisotopic (exact) mass is 109 g/mol. The minimum Gasteiger partial charge on any atom is -0.317 e. The molecular weight excluding hydrogens is 96.9 g/mol. The van der Waals surface area contributed by atoms with Crippen molar-refractivity contribution in [2.75, 3.05) is 13.1 Å². The van der Waals surface area contributed by atoms with Crippen molar-refractivity contribution in [3.63, 3.8) is 0 Å². The Morgan fingerprint density at radius 1 is 1.38 bits per heavy atom. The zero-order valence-corrected chi connectivity index (χ0v) is 5.19. The zero-order chi connectivity index (χ0) is 5.82. The van der Waals surface area contributed by atoms with Gasteiger partial charge in [-0.2, -0.15) is 0 Å². The number of piperidine rings is 1. The van der Waals surface area contributed by atoms with Crippen molar-refractivity contribution in [1.82, 2.24) is 5.32 Å². The first-order valence-electron chi connectivity index (χ1n) is 3.34. The molecule has 0 aromatic carbocycles. The molecule has 0 saturated carbocycles. The van der Waals surface area contributed by atoms with Crippen LogP contribution in [0.15, 0.2) is 0 Å². The molecule has 0 spiro atoms. The molecule has 1 aliphatic heterocycles. The molecule has 1 aliphatic rings. The van der Waals surface area contributed by atoms with Gasteiger partial charge in [0, 0.05) is 0 Å². The minimum atomic E-state index is 0.802. The van der Waals surface area contributed by atoms with Gasteiger partial charge in [-0.25, -0.2) is 0 Å². The molecule has 8 heavy (non-hydrogen) atoms. The Hall–Kier alpha value is 0.0249. The fraction of sp³-hybridized carbons (Fsp3) is 1.00. The number of hydrogen-bond acceptors (Lipinski definition) is 1. The second-order valence-corrected chi connectivity index (χ2v) is 2.43. The fourth-order valence-electron chi connectivity index (χ4n) is 1.12. The molecule has 0 amide bonds. The Balaban J connectivity index is 2.13. The van der Waals surface area contributed by atoms with E-state index >= 15 is 0 Å². The highest BCUT2D eigenvalue weighted by Gasteiger charge is 2.08. The van der Waals surface area contributed by atoms with Crippen molar-refractivity contribution in [2.24, 2.45) is 5.92 Å². The van der Waals surface area contributed by atoms with Gasteiger partial charge in [-0.05, 0) is 31.8 Å². The fourth-order valence-corrected chi connectivity index (χ4v) is 1.12.